The number of halogens is 1. The third kappa shape index (κ3) is 9.59. The Labute approximate surface area is 351 Å². The fraction of sp³-hybridized carbons (Fsp3) is 0.268. The average Bonchev–Trinajstić information content (AvgIpc) is 4.11. The molecule has 0 aliphatic carbocycles. The molecule has 60 heavy (non-hydrogen) atoms. The SMILES string of the molecule is CB1OCc2cc3c(cc21)COB3O.CB1OCc2cccc(C)c21.CB1OCc2cccc(F)c21.Nc1ccc2c(c1)B(O)OC2.O=[N+]([O-])c1ccc2c(c1)B(O)CC2. The van der Waals surface area contributed by atoms with Crippen molar-refractivity contribution in [1.82, 2.24) is 0 Å². The van der Waals surface area contributed by atoms with Crippen molar-refractivity contribution in [3.63, 3.8) is 0 Å². The zero-order chi connectivity index (χ0) is 42.7. The summed E-state index contributed by atoms with van der Waals surface area (Å²) in [6.07, 6.45) is 1.49. The molecule has 12 nitrogen and oxygen atoms in total. The van der Waals surface area contributed by atoms with Gasteiger partial charge in [0.1, 0.15) is 5.82 Å². The second-order valence-electron chi connectivity index (χ2n) is 15.5. The van der Waals surface area contributed by atoms with Gasteiger partial charge in [0.15, 0.2) is 0 Å². The highest BCUT2D eigenvalue weighted by molar-refractivity contribution is 6.69. The molecule has 19 heteroatoms. The van der Waals surface area contributed by atoms with Crippen molar-refractivity contribution in [2.24, 2.45) is 0 Å². The van der Waals surface area contributed by atoms with Gasteiger partial charge in [-0.2, -0.15) is 0 Å². The van der Waals surface area contributed by atoms with Crippen LogP contribution in [0.15, 0.2) is 84.9 Å². The fourth-order valence-corrected chi connectivity index (χ4v) is 8.27. The summed E-state index contributed by atoms with van der Waals surface area (Å²) in [7, 11) is -1.53. The minimum atomic E-state index is -0.784. The highest BCUT2D eigenvalue weighted by Gasteiger charge is 2.33. The first-order valence-corrected chi connectivity index (χ1v) is 20.1. The van der Waals surface area contributed by atoms with Crippen molar-refractivity contribution in [3.8, 4) is 0 Å². The lowest BCUT2D eigenvalue weighted by Crippen LogP contribution is -2.32. The van der Waals surface area contributed by atoms with Crippen LogP contribution in [0.2, 0.25) is 26.8 Å². The maximum Gasteiger partial charge on any atom is 0.491 e. The van der Waals surface area contributed by atoms with Crippen LogP contribution in [0.5, 0.6) is 0 Å². The monoisotopic (exact) mass is 810 g/mol. The third-order valence-electron chi connectivity index (χ3n) is 11.6. The maximum atomic E-state index is 13.1. The van der Waals surface area contributed by atoms with Gasteiger partial charge in [0.2, 0.25) is 0 Å². The summed E-state index contributed by atoms with van der Waals surface area (Å²) in [5.74, 6) is -0.146. The summed E-state index contributed by atoms with van der Waals surface area (Å²) >= 11 is 0. The molecule has 0 unspecified atom stereocenters. The van der Waals surface area contributed by atoms with Crippen LogP contribution in [0, 0.1) is 22.9 Å². The van der Waals surface area contributed by atoms with Crippen LogP contribution in [-0.2, 0) is 62.7 Å². The first-order chi connectivity index (χ1) is 28.8. The van der Waals surface area contributed by atoms with E-state index in [9.17, 15) is 29.6 Å². The Morgan fingerprint density at radius 2 is 1.17 bits per heavy atom. The van der Waals surface area contributed by atoms with Crippen molar-refractivity contribution < 1.29 is 47.7 Å². The largest absolute Gasteiger partial charge is 0.491 e. The molecular formula is C41H45B6FN2O10. The van der Waals surface area contributed by atoms with Crippen LogP contribution >= 0.6 is 0 Å². The molecule has 0 bridgehead atoms. The number of nitro benzene ring substituents is 1. The molecule has 0 saturated heterocycles. The van der Waals surface area contributed by atoms with E-state index in [1.165, 1.54) is 45.8 Å². The maximum absolute atomic E-state index is 13.1. The number of anilines is 1. The quantitative estimate of drug-likeness (QED) is 0.0839. The Morgan fingerprint density at radius 1 is 0.617 bits per heavy atom. The number of rotatable bonds is 1. The van der Waals surface area contributed by atoms with E-state index >= 15 is 0 Å². The molecule has 0 radical (unpaired) electrons. The number of hydrogen-bond acceptors (Lipinski definition) is 11. The van der Waals surface area contributed by atoms with E-state index in [-0.39, 0.29) is 25.3 Å². The molecule has 0 fully saturated rings. The predicted octanol–water partition coefficient (Wildman–Crippen LogP) is 1.63. The van der Waals surface area contributed by atoms with Gasteiger partial charge in [-0.05, 0) is 98.5 Å². The van der Waals surface area contributed by atoms with Crippen molar-refractivity contribution in [3.05, 3.63) is 140 Å². The first-order valence-electron chi connectivity index (χ1n) is 20.1. The number of aryl methyl sites for hydroxylation is 2. The number of nitrogen functional groups attached to an aromatic ring is 1. The molecule has 0 aromatic heterocycles. The van der Waals surface area contributed by atoms with Gasteiger partial charge in [-0.25, -0.2) is 4.39 Å². The van der Waals surface area contributed by atoms with E-state index in [0.29, 0.717) is 50.8 Å². The molecule has 5 aromatic carbocycles. The van der Waals surface area contributed by atoms with E-state index in [4.69, 9.17) is 29.0 Å². The molecule has 0 spiro atoms. The van der Waals surface area contributed by atoms with Gasteiger partial charge < -0.3 is 44.1 Å². The van der Waals surface area contributed by atoms with Crippen LogP contribution in [-0.4, -0.2) is 61.9 Å². The third-order valence-corrected chi connectivity index (χ3v) is 11.6. The van der Waals surface area contributed by atoms with Gasteiger partial charge in [0.05, 0.1) is 38.0 Å². The van der Waals surface area contributed by atoms with E-state index in [2.05, 4.69) is 38.0 Å². The minimum absolute atomic E-state index is 0.0553. The molecule has 11 rings (SSSR count). The molecule has 5 aromatic rings. The van der Waals surface area contributed by atoms with Crippen molar-refractivity contribution in [1.29, 1.82) is 0 Å². The van der Waals surface area contributed by atoms with Gasteiger partial charge in [0, 0.05) is 17.8 Å². The van der Waals surface area contributed by atoms with E-state index in [1.807, 2.05) is 31.8 Å². The minimum Gasteiger partial charge on any atom is -0.446 e. The number of non-ortho nitro benzene ring substituents is 1. The Morgan fingerprint density at radius 3 is 1.85 bits per heavy atom. The Kier molecular flexibility index (Phi) is 13.7. The van der Waals surface area contributed by atoms with Gasteiger partial charge in [-0.1, -0.05) is 86.2 Å². The Hall–Kier alpha value is -4.70. The standard InChI is InChI=1S/C9H10B2O3.C9H11BO.C8H8BFO.C8H8BNO3.C7H8BNO2/c1-10-8-2-7-5-14-11(12)9(7)3-6(8)4-13-10;1-7-4-3-5-8-6-11-10(2)9(7)8;1-9-8-6(5-11-9)3-2-4-7(8)10;11-9-4-3-6-1-2-7(10(12)13)5-8(6)9;9-6-2-1-5-4-11-8(10)7(5)3-6/h2-3,12H,4-5H2,1H3;3-5H,6H2,1-2H3;2-4H,5H2,1H3;1-2,5,11H,3-4H2;1-3,10H,4,9H2. The molecule has 0 saturated carbocycles. The molecule has 0 atom stereocenters. The fourth-order valence-electron chi connectivity index (χ4n) is 8.27. The first kappa shape index (κ1) is 43.4. The second-order valence-corrected chi connectivity index (χ2v) is 15.5. The lowest BCUT2D eigenvalue weighted by atomic mass is 9.62. The van der Waals surface area contributed by atoms with Crippen molar-refractivity contribution in [2.75, 3.05) is 5.73 Å². The zero-order valence-corrected chi connectivity index (χ0v) is 34.1. The van der Waals surface area contributed by atoms with Crippen LogP contribution in [0.4, 0.5) is 15.8 Å². The summed E-state index contributed by atoms with van der Waals surface area (Å²) in [5.41, 5.74) is 20.0. The van der Waals surface area contributed by atoms with E-state index in [0.717, 1.165) is 51.7 Å². The predicted molar refractivity (Wildman–Crippen MR) is 237 cm³/mol. The van der Waals surface area contributed by atoms with Crippen LogP contribution in [0.25, 0.3) is 0 Å². The van der Waals surface area contributed by atoms with Crippen molar-refractivity contribution in [2.45, 2.75) is 73.2 Å². The number of benzene rings is 5. The molecule has 0 amide bonds. The molecule has 304 valence electrons. The second kappa shape index (κ2) is 18.9. The van der Waals surface area contributed by atoms with Gasteiger partial charge in [-0.15, -0.1) is 0 Å². The molecule has 6 heterocycles. The van der Waals surface area contributed by atoms with Gasteiger partial charge >= 0.3 is 41.9 Å². The van der Waals surface area contributed by atoms with Crippen LogP contribution < -0.4 is 38.5 Å². The summed E-state index contributed by atoms with van der Waals surface area (Å²) in [5, 5.41) is 38.6. The van der Waals surface area contributed by atoms with Crippen LogP contribution in [0.1, 0.15) is 38.9 Å². The number of hydrogen-bond donors (Lipinski definition) is 4. The van der Waals surface area contributed by atoms with Crippen molar-refractivity contribution >= 4 is 86.1 Å². The Balaban J connectivity index is 0.000000114. The smallest absolute Gasteiger partial charge is 0.446 e. The van der Waals surface area contributed by atoms with Gasteiger partial charge in [0.25, 0.3) is 5.69 Å². The lowest BCUT2D eigenvalue weighted by Gasteiger charge is -2.03. The number of fused-ring (bicyclic) bond motifs is 6. The normalized spacial score (nSPS) is 15.9. The molecule has 6 aliphatic rings. The number of nitrogens with zero attached hydrogens (tertiary/aromatic N) is 1. The van der Waals surface area contributed by atoms with Crippen LogP contribution in [0.3, 0.4) is 0 Å². The van der Waals surface area contributed by atoms with E-state index < -0.39 is 26.1 Å². The molecule has 5 N–H and O–H groups in total. The summed E-state index contributed by atoms with van der Waals surface area (Å²) < 4.78 is 39.5. The van der Waals surface area contributed by atoms with Gasteiger partial charge in [-0.3, -0.25) is 10.1 Å². The highest BCUT2D eigenvalue weighted by Crippen LogP contribution is 2.19. The molecular weight excluding hydrogens is 764 g/mol. The Bertz CT molecular complexity index is 2280. The lowest BCUT2D eigenvalue weighted by molar-refractivity contribution is -0.384. The average molecular weight is 810 g/mol. The summed E-state index contributed by atoms with van der Waals surface area (Å²) in [6.45, 7) is 11.0. The zero-order valence-electron chi connectivity index (χ0n) is 34.1. The molecule has 6 aliphatic heterocycles. The number of nitrogens with two attached hydrogens (primary N) is 1. The number of nitro groups is 1. The summed E-state index contributed by atoms with van der Waals surface area (Å²) in [4.78, 5) is 9.99. The summed E-state index contributed by atoms with van der Waals surface area (Å²) in [6, 6.07) is 25.7. The topological polar surface area (TPSA) is 176 Å². The highest BCUT2D eigenvalue weighted by atomic mass is 19.1. The van der Waals surface area contributed by atoms with E-state index in [1.54, 1.807) is 24.3 Å².